The molecule has 1 unspecified atom stereocenters. The maximum absolute atomic E-state index is 12.3. The Kier molecular flexibility index (Phi) is 8.00. The van der Waals surface area contributed by atoms with Crippen LogP contribution in [0.3, 0.4) is 0 Å². The van der Waals surface area contributed by atoms with E-state index in [-0.39, 0.29) is 12.6 Å². The van der Waals surface area contributed by atoms with Gasteiger partial charge in [0.25, 0.3) is 0 Å². The summed E-state index contributed by atoms with van der Waals surface area (Å²) in [5.41, 5.74) is 0.637. The first-order valence-corrected chi connectivity index (χ1v) is 8.74. The summed E-state index contributed by atoms with van der Waals surface area (Å²) in [6, 6.07) is 6.86. The molecule has 2 N–H and O–H groups in total. The number of hydrogen-bond donors (Lipinski definition) is 2. The van der Waals surface area contributed by atoms with Gasteiger partial charge >= 0.3 is 6.03 Å². The van der Waals surface area contributed by atoms with Gasteiger partial charge in [0.15, 0.2) is 0 Å². The molecule has 0 saturated heterocycles. The van der Waals surface area contributed by atoms with Gasteiger partial charge in [-0.15, -0.1) is 0 Å². The first kappa shape index (κ1) is 17.7. The zero-order valence-electron chi connectivity index (χ0n) is 12.7. The van der Waals surface area contributed by atoms with Crippen LogP contribution in [-0.4, -0.2) is 46.2 Å². The summed E-state index contributed by atoms with van der Waals surface area (Å²) < 4.78 is 11.5. The van der Waals surface area contributed by atoms with Gasteiger partial charge in [0.1, 0.15) is 0 Å². The minimum atomic E-state index is -1.07. The number of amides is 2. The molecule has 5 nitrogen and oxygen atoms in total. The molecule has 0 saturated carbocycles. The molecule has 2 amide bonds. The number of benzene rings is 1. The lowest BCUT2D eigenvalue weighted by molar-refractivity contribution is 0.201. The fourth-order valence-electron chi connectivity index (χ4n) is 1.88. The molecule has 0 spiro atoms. The quantitative estimate of drug-likeness (QED) is 0.774. The molecule has 0 radical (unpaired) electrons. The number of unbranched alkanes of at least 4 members (excludes halogenated alkanes) is 1. The van der Waals surface area contributed by atoms with E-state index < -0.39 is 10.8 Å². The molecular formula is C15H24N2O3S. The monoisotopic (exact) mass is 312 g/mol. The zero-order chi connectivity index (χ0) is 15.7. The molecule has 0 aliphatic heterocycles. The second kappa shape index (κ2) is 9.52. The lowest BCUT2D eigenvalue weighted by Gasteiger charge is -2.22. The molecule has 1 aromatic carbocycles. The molecule has 118 valence electrons. The fraction of sp³-hybridized carbons (Fsp3) is 0.533. The summed E-state index contributed by atoms with van der Waals surface area (Å²) in [5, 5.41) is 11.7. The van der Waals surface area contributed by atoms with Crippen molar-refractivity contribution < 1.29 is 14.1 Å². The van der Waals surface area contributed by atoms with Gasteiger partial charge in [-0.2, -0.15) is 0 Å². The van der Waals surface area contributed by atoms with Crippen molar-refractivity contribution in [2.75, 3.05) is 31.3 Å². The molecular weight excluding hydrogens is 288 g/mol. The molecule has 1 rings (SSSR count). The average molecular weight is 312 g/mol. The summed E-state index contributed by atoms with van der Waals surface area (Å²) in [7, 11) is -1.07. The van der Waals surface area contributed by atoms with Gasteiger partial charge in [0.05, 0.1) is 0 Å². The molecule has 0 bridgehead atoms. The topological polar surface area (TPSA) is 69.6 Å². The van der Waals surface area contributed by atoms with Gasteiger partial charge in [-0.25, -0.2) is 4.79 Å². The number of aliphatic hydroxyl groups excluding tert-OH is 1. The van der Waals surface area contributed by atoms with Crippen molar-refractivity contribution in [1.29, 1.82) is 0 Å². The standard InChI is InChI=1S/C15H24N2O3S/c1-3-4-9-17(10-6-11-18)15(19)16-13-7-5-8-14(12-13)21(2)20/h5,7-8,12,18H,3-4,6,9-11H2,1-2H3,(H,16,19). The van der Waals surface area contributed by atoms with Gasteiger partial charge < -0.3 is 15.3 Å². The van der Waals surface area contributed by atoms with Crippen LogP contribution in [-0.2, 0) is 10.8 Å². The Morgan fingerprint density at radius 3 is 2.67 bits per heavy atom. The smallest absolute Gasteiger partial charge is 0.321 e. The fourth-order valence-corrected chi connectivity index (χ4v) is 2.44. The van der Waals surface area contributed by atoms with Crippen LogP contribution in [0.5, 0.6) is 0 Å². The second-order valence-electron chi connectivity index (χ2n) is 4.83. The lowest BCUT2D eigenvalue weighted by Crippen LogP contribution is -2.36. The number of nitrogens with zero attached hydrogens (tertiary/aromatic N) is 1. The number of rotatable bonds is 8. The van der Waals surface area contributed by atoms with Crippen LogP contribution in [0.15, 0.2) is 29.2 Å². The van der Waals surface area contributed by atoms with Crippen molar-refractivity contribution in [3.63, 3.8) is 0 Å². The van der Waals surface area contributed by atoms with Crippen molar-refractivity contribution in [2.45, 2.75) is 31.1 Å². The first-order chi connectivity index (χ1) is 10.1. The third-order valence-corrected chi connectivity index (χ3v) is 3.99. The van der Waals surface area contributed by atoms with E-state index in [4.69, 9.17) is 5.11 Å². The number of carbonyl (C=O) groups is 1. The molecule has 0 aliphatic carbocycles. The SMILES string of the molecule is CCCCN(CCCO)C(=O)Nc1cccc(S(C)=O)c1. The Labute approximate surface area is 128 Å². The summed E-state index contributed by atoms with van der Waals surface area (Å²) >= 11 is 0. The molecule has 21 heavy (non-hydrogen) atoms. The van der Waals surface area contributed by atoms with Crippen LogP contribution < -0.4 is 5.32 Å². The number of aliphatic hydroxyl groups is 1. The molecule has 0 fully saturated rings. The highest BCUT2D eigenvalue weighted by atomic mass is 32.2. The van der Waals surface area contributed by atoms with Gasteiger partial charge in [0.2, 0.25) is 0 Å². The lowest BCUT2D eigenvalue weighted by atomic mass is 10.3. The maximum Gasteiger partial charge on any atom is 0.321 e. The van der Waals surface area contributed by atoms with E-state index >= 15 is 0 Å². The summed E-state index contributed by atoms with van der Waals surface area (Å²) in [4.78, 5) is 14.7. The van der Waals surface area contributed by atoms with Crippen LogP contribution in [0.2, 0.25) is 0 Å². The van der Waals surface area contributed by atoms with E-state index in [0.717, 1.165) is 12.8 Å². The van der Waals surface area contributed by atoms with Crippen molar-refractivity contribution in [1.82, 2.24) is 4.90 Å². The van der Waals surface area contributed by atoms with E-state index in [1.165, 1.54) is 0 Å². The average Bonchev–Trinajstić information content (AvgIpc) is 2.47. The highest BCUT2D eigenvalue weighted by Crippen LogP contribution is 2.14. The van der Waals surface area contributed by atoms with Crippen molar-refractivity contribution in [3.8, 4) is 0 Å². The number of hydrogen-bond acceptors (Lipinski definition) is 3. The Hall–Kier alpha value is -1.40. The van der Waals surface area contributed by atoms with Gasteiger partial charge in [-0.05, 0) is 31.0 Å². The number of nitrogens with one attached hydrogen (secondary N) is 1. The Morgan fingerprint density at radius 1 is 1.33 bits per heavy atom. The Morgan fingerprint density at radius 2 is 2.05 bits per heavy atom. The molecule has 1 atom stereocenters. The van der Waals surface area contributed by atoms with Gasteiger partial charge in [-0.3, -0.25) is 4.21 Å². The van der Waals surface area contributed by atoms with E-state index in [1.807, 2.05) is 0 Å². The summed E-state index contributed by atoms with van der Waals surface area (Å²) in [5.74, 6) is 0. The largest absolute Gasteiger partial charge is 0.396 e. The Balaban J connectivity index is 2.70. The number of urea groups is 1. The first-order valence-electron chi connectivity index (χ1n) is 7.18. The van der Waals surface area contributed by atoms with Crippen molar-refractivity contribution in [2.24, 2.45) is 0 Å². The summed E-state index contributed by atoms with van der Waals surface area (Å²) in [6.45, 7) is 3.34. The molecule has 0 aliphatic rings. The normalized spacial score (nSPS) is 12.0. The van der Waals surface area contributed by atoms with Crippen LogP contribution in [0, 0.1) is 0 Å². The predicted octanol–water partition coefficient (Wildman–Crippen LogP) is 2.44. The van der Waals surface area contributed by atoms with Crippen molar-refractivity contribution in [3.05, 3.63) is 24.3 Å². The Bertz CT molecular complexity index is 472. The van der Waals surface area contributed by atoms with Crippen LogP contribution in [0.1, 0.15) is 26.2 Å². The second-order valence-corrected chi connectivity index (χ2v) is 6.21. The number of carbonyl (C=O) groups excluding carboxylic acids is 1. The van der Waals surface area contributed by atoms with Gasteiger partial charge in [0, 0.05) is 47.3 Å². The van der Waals surface area contributed by atoms with E-state index in [2.05, 4.69) is 12.2 Å². The van der Waals surface area contributed by atoms with E-state index in [9.17, 15) is 9.00 Å². The third-order valence-electron chi connectivity index (χ3n) is 3.07. The maximum atomic E-state index is 12.3. The highest BCUT2D eigenvalue weighted by Gasteiger charge is 2.13. The zero-order valence-corrected chi connectivity index (χ0v) is 13.5. The highest BCUT2D eigenvalue weighted by molar-refractivity contribution is 7.84. The predicted molar refractivity (Wildman–Crippen MR) is 86.0 cm³/mol. The third kappa shape index (κ3) is 6.27. The summed E-state index contributed by atoms with van der Waals surface area (Å²) in [6.07, 6.45) is 4.11. The van der Waals surface area contributed by atoms with Crippen molar-refractivity contribution >= 4 is 22.5 Å². The minimum Gasteiger partial charge on any atom is -0.396 e. The molecule has 0 heterocycles. The molecule has 6 heteroatoms. The molecule has 0 aromatic heterocycles. The molecule has 1 aromatic rings. The van der Waals surface area contributed by atoms with E-state index in [0.29, 0.717) is 30.1 Å². The van der Waals surface area contributed by atoms with E-state index in [1.54, 1.807) is 35.4 Å². The van der Waals surface area contributed by atoms with Crippen LogP contribution in [0.25, 0.3) is 0 Å². The van der Waals surface area contributed by atoms with Crippen LogP contribution in [0.4, 0.5) is 10.5 Å². The van der Waals surface area contributed by atoms with Gasteiger partial charge in [-0.1, -0.05) is 19.4 Å². The number of anilines is 1. The minimum absolute atomic E-state index is 0.0696. The van der Waals surface area contributed by atoms with Crippen LogP contribution >= 0.6 is 0 Å².